The normalized spacial score (nSPS) is 10.1. The number of thiophene rings is 1. The summed E-state index contributed by atoms with van der Waals surface area (Å²) in [5, 5.41) is 24.2. The Morgan fingerprint density at radius 1 is 1.30 bits per heavy atom. The van der Waals surface area contributed by atoms with Gasteiger partial charge in [0.05, 0.1) is 18.6 Å². The van der Waals surface area contributed by atoms with Gasteiger partial charge >= 0.3 is 0 Å². The first-order valence-electron chi connectivity index (χ1n) is 7.78. The largest absolute Gasteiger partial charge is 0.467 e. The van der Waals surface area contributed by atoms with Crippen LogP contribution in [0.3, 0.4) is 0 Å². The van der Waals surface area contributed by atoms with Crippen molar-refractivity contribution < 1.29 is 14.2 Å². The van der Waals surface area contributed by atoms with Crippen LogP contribution in [-0.2, 0) is 11.3 Å². The van der Waals surface area contributed by atoms with Crippen LogP contribution in [0.5, 0.6) is 0 Å². The van der Waals surface area contributed by atoms with E-state index in [1.807, 2.05) is 17.5 Å². The minimum absolute atomic E-state index is 0.0844. The number of nitriles is 2. The topological polar surface area (TPSA) is 130 Å². The van der Waals surface area contributed by atoms with Crippen LogP contribution in [0, 0.1) is 22.7 Å². The Hall–Kier alpha value is -3.27. The fourth-order valence-electron chi connectivity index (χ4n) is 2.41. The molecule has 3 aromatic heterocycles. The van der Waals surface area contributed by atoms with Crippen LogP contribution < -0.4 is 16.0 Å². The predicted octanol–water partition coefficient (Wildman–Crippen LogP) is 2.56. The van der Waals surface area contributed by atoms with Gasteiger partial charge in [0.15, 0.2) is 10.6 Å². The molecule has 0 aliphatic rings. The van der Waals surface area contributed by atoms with Crippen LogP contribution in [0.25, 0.3) is 10.4 Å². The molecule has 7 nitrogen and oxygen atoms in total. The van der Waals surface area contributed by atoms with E-state index in [1.165, 1.54) is 17.6 Å². The highest BCUT2D eigenvalue weighted by Gasteiger charge is 2.24. The summed E-state index contributed by atoms with van der Waals surface area (Å²) in [5.74, 6) is 0.689. The minimum Gasteiger partial charge on any atom is -0.467 e. The SMILES string of the molecule is N#Cc1c(N)[nH+]c(SCC(=O)NCc2ccco2)c(C#N)c1-c1cccs1. The molecule has 0 bridgehead atoms. The van der Waals surface area contributed by atoms with Gasteiger partial charge in [-0.2, -0.15) is 10.5 Å². The van der Waals surface area contributed by atoms with E-state index in [9.17, 15) is 15.3 Å². The van der Waals surface area contributed by atoms with Crippen molar-refractivity contribution in [3.8, 4) is 22.6 Å². The van der Waals surface area contributed by atoms with Gasteiger partial charge in [-0.25, -0.2) is 4.98 Å². The Morgan fingerprint density at radius 3 is 2.74 bits per heavy atom. The van der Waals surface area contributed by atoms with Gasteiger partial charge in [-0.1, -0.05) is 17.8 Å². The van der Waals surface area contributed by atoms with Crippen LogP contribution >= 0.6 is 23.1 Å². The molecule has 0 atom stereocenters. The summed E-state index contributed by atoms with van der Waals surface area (Å²) in [6.45, 7) is 0.289. The number of hydrogen-bond donors (Lipinski definition) is 2. The molecule has 3 aromatic rings. The molecule has 0 saturated carbocycles. The molecule has 134 valence electrons. The zero-order valence-corrected chi connectivity index (χ0v) is 15.6. The number of aromatic nitrogens is 1. The Labute approximate surface area is 163 Å². The van der Waals surface area contributed by atoms with E-state index >= 15 is 0 Å². The first-order chi connectivity index (χ1) is 13.1. The van der Waals surface area contributed by atoms with Crippen LogP contribution in [0.2, 0.25) is 0 Å². The van der Waals surface area contributed by atoms with Crippen molar-refractivity contribution in [3.63, 3.8) is 0 Å². The average Bonchev–Trinajstić information content (AvgIpc) is 3.37. The van der Waals surface area contributed by atoms with Crippen molar-refractivity contribution in [1.82, 2.24) is 5.32 Å². The molecule has 1 amide bonds. The Bertz CT molecular complexity index is 1030. The first-order valence-corrected chi connectivity index (χ1v) is 9.65. The Kier molecular flexibility index (Phi) is 5.77. The van der Waals surface area contributed by atoms with E-state index in [4.69, 9.17) is 10.2 Å². The number of H-pyrrole nitrogens is 1. The van der Waals surface area contributed by atoms with E-state index in [0.717, 1.165) is 16.6 Å². The Balaban J connectivity index is 1.82. The van der Waals surface area contributed by atoms with Gasteiger partial charge in [0.25, 0.3) is 5.82 Å². The van der Waals surface area contributed by atoms with Gasteiger partial charge in [-0.3, -0.25) is 10.5 Å². The van der Waals surface area contributed by atoms with Crippen molar-refractivity contribution in [2.75, 3.05) is 11.5 Å². The van der Waals surface area contributed by atoms with Gasteiger partial charge in [0.1, 0.15) is 23.5 Å². The number of pyridine rings is 1. The highest BCUT2D eigenvalue weighted by Crippen LogP contribution is 2.35. The number of nitrogens with zero attached hydrogens (tertiary/aromatic N) is 2. The van der Waals surface area contributed by atoms with Crippen molar-refractivity contribution in [2.45, 2.75) is 11.6 Å². The van der Waals surface area contributed by atoms with Gasteiger partial charge < -0.3 is 9.73 Å². The van der Waals surface area contributed by atoms with E-state index in [-0.39, 0.29) is 29.6 Å². The standard InChI is InChI=1S/C18H13N5O2S2/c19-7-12-16(14-4-2-6-26-14)13(8-20)18(23-17(12)21)27-10-15(24)22-9-11-3-1-5-25-11/h1-6H,9-10H2,(H2,21,23)(H,22,24)/p+1. The highest BCUT2D eigenvalue weighted by molar-refractivity contribution is 7.99. The molecule has 0 unspecified atom stereocenters. The van der Waals surface area contributed by atoms with Gasteiger partial charge in [-0.15, -0.1) is 11.3 Å². The summed E-state index contributed by atoms with van der Waals surface area (Å²) in [4.78, 5) is 15.7. The lowest BCUT2D eigenvalue weighted by Gasteiger charge is -2.08. The van der Waals surface area contributed by atoms with E-state index in [2.05, 4.69) is 22.4 Å². The molecular weight excluding hydrogens is 382 g/mol. The summed E-state index contributed by atoms with van der Waals surface area (Å²) in [6, 6.07) is 11.4. The molecule has 3 rings (SSSR count). The molecule has 9 heteroatoms. The number of anilines is 1. The molecule has 0 radical (unpaired) electrons. The maximum Gasteiger partial charge on any atom is 0.289 e. The number of carbonyl (C=O) groups is 1. The monoisotopic (exact) mass is 396 g/mol. The van der Waals surface area contributed by atoms with Crippen molar-refractivity contribution in [3.05, 3.63) is 52.8 Å². The average molecular weight is 396 g/mol. The molecule has 0 aromatic carbocycles. The summed E-state index contributed by atoms with van der Waals surface area (Å²) < 4.78 is 5.16. The van der Waals surface area contributed by atoms with Crippen LogP contribution in [0.1, 0.15) is 16.9 Å². The first kappa shape index (κ1) is 18.5. The highest BCUT2D eigenvalue weighted by atomic mass is 32.2. The summed E-state index contributed by atoms with van der Waals surface area (Å²) in [5.41, 5.74) is 6.99. The Morgan fingerprint density at radius 2 is 2.11 bits per heavy atom. The lowest BCUT2D eigenvalue weighted by atomic mass is 10.0. The molecule has 3 heterocycles. The van der Waals surface area contributed by atoms with Gasteiger partial charge in [0, 0.05) is 10.4 Å². The van der Waals surface area contributed by atoms with Crippen molar-refractivity contribution >= 4 is 34.8 Å². The number of furan rings is 1. The molecule has 27 heavy (non-hydrogen) atoms. The number of thioether (sulfide) groups is 1. The van der Waals surface area contributed by atoms with E-state index in [0.29, 0.717) is 21.9 Å². The van der Waals surface area contributed by atoms with Gasteiger partial charge in [0.2, 0.25) is 5.91 Å². The molecule has 0 saturated heterocycles. The molecular formula is C18H14N5O2S2+. The molecule has 0 fully saturated rings. The second-order valence-corrected chi connectivity index (χ2v) is 7.27. The summed E-state index contributed by atoms with van der Waals surface area (Å²) >= 11 is 2.57. The third-order valence-electron chi connectivity index (χ3n) is 3.62. The lowest BCUT2D eigenvalue weighted by molar-refractivity contribution is -0.410. The predicted molar refractivity (Wildman–Crippen MR) is 101 cm³/mol. The summed E-state index contributed by atoms with van der Waals surface area (Å²) in [7, 11) is 0. The maximum absolute atomic E-state index is 12.1. The number of nitrogens with one attached hydrogen (secondary N) is 2. The molecule has 0 aliphatic heterocycles. The molecule has 4 N–H and O–H groups in total. The van der Waals surface area contributed by atoms with Crippen LogP contribution in [-0.4, -0.2) is 11.7 Å². The smallest absolute Gasteiger partial charge is 0.289 e. The third kappa shape index (κ3) is 4.11. The number of aromatic amines is 1. The third-order valence-corrected chi connectivity index (χ3v) is 5.51. The quantitative estimate of drug-likeness (QED) is 0.616. The van der Waals surface area contributed by atoms with Gasteiger partial charge in [-0.05, 0) is 23.6 Å². The van der Waals surface area contributed by atoms with E-state index < -0.39 is 0 Å². The second-order valence-electron chi connectivity index (χ2n) is 5.34. The number of nitrogens with two attached hydrogens (primary N) is 1. The van der Waals surface area contributed by atoms with Crippen LogP contribution in [0.15, 0.2) is 45.4 Å². The molecule has 0 aliphatic carbocycles. The maximum atomic E-state index is 12.1. The number of amides is 1. The number of nitrogen functional groups attached to an aromatic ring is 1. The zero-order valence-electron chi connectivity index (χ0n) is 14.0. The number of rotatable bonds is 6. The van der Waals surface area contributed by atoms with Crippen molar-refractivity contribution in [2.24, 2.45) is 0 Å². The fourth-order valence-corrected chi connectivity index (χ4v) is 4.04. The minimum atomic E-state index is -0.214. The van der Waals surface area contributed by atoms with Crippen LogP contribution in [0.4, 0.5) is 5.82 Å². The zero-order chi connectivity index (χ0) is 19.2. The number of hydrogen-bond acceptors (Lipinski definition) is 7. The number of carbonyl (C=O) groups excluding carboxylic acids is 1. The fraction of sp³-hybridized carbons (Fsp3) is 0.111. The summed E-state index contributed by atoms with van der Waals surface area (Å²) in [6.07, 6.45) is 1.54. The lowest BCUT2D eigenvalue weighted by Crippen LogP contribution is -2.25. The van der Waals surface area contributed by atoms with Crippen molar-refractivity contribution in [1.29, 1.82) is 10.5 Å². The second kappa shape index (κ2) is 8.41. The van der Waals surface area contributed by atoms with E-state index in [1.54, 1.807) is 12.1 Å². The molecule has 0 spiro atoms.